The van der Waals surface area contributed by atoms with Gasteiger partial charge in [0.25, 0.3) is 0 Å². The summed E-state index contributed by atoms with van der Waals surface area (Å²) in [5.74, 6) is -0.141. The molecular formula is C17H18BrFN2. The number of halogens is 2. The Hall–Kier alpha value is -1.55. The van der Waals surface area contributed by atoms with E-state index < -0.39 is 0 Å². The second-order valence-corrected chi connectivity index (χ2v) is 6.26. The monoisotopic (exact) mass is 348 g/mol. The van der Waals surface area contributed by atoms with Gasteiger partial charge < -0.3 is 10.2 Å². The second kappa shape index (κ2) is 6.48. The number of rotatable bonds is 4. The molecule has 2 nitrogen and oxygen atoms in total. The smallest absolute Gasteiger partial charge is 0.148 e. The zero-order chi connectivity index (χ0) is 14.7. The first kappa shape index (κ1) is 14.4. The van der Waals surface area contributed by atoms with Gasteiger partial charge in [-0.2, -0.15) is 0 Å². The summed E-state index contributed by atoms with van der Waals surface area (Å²) in [6, 6.07) is 13.5. The minimum atomic E-state index is -0.141. The third-order valence-electron chi connectivity index (χ3n) is 3.80. The molecule has 1 saturated heterocycles. The van der Waals surface area contributed by atoms with Crippen molar-refractivity contribution in [3.63, 3.8) is 0 Å². The van der Waals surface area contributed by atoms with Gasteiger partial charge in [0.05, 0.1) is 5.69 Å². The van der Waals surface area contributed by atoms with Crippen LogP contribution in [-0.2, 0) is 6.54 Å². The standard InChI is InChI=1S/C17H18BrFN2/c18-14-5-3-13(4-6-14)12-20-15-7-8-17(16(19)11-15)21-9-1-2-10-21/h3-8,11,20H,1-2,9-10,12H2. The quantitative estimate of drug-likeness (QED) is 0.853. The van der Waals surface area contributed by atoms with Crippen LogP contribution >= 0.6 is 15.9 Å². The minimum Gasteiger partial charge on any atom is -0.381 e. The second-order valence-electron chi connectivity index (χ2n) is 5.34. The first-order chi connectivity index (χ1) is 10.2. The van der Waals surface area contributed by atoms with E-state index in [0.717, 1.165) is 41.8 Å². The average molecular weight is 349 g/mol. The molecule has 2 aromatic carbocycles. The van der Waals surface area contributed by atoms with Crippen molar-refractivity contribution in [1.29, 1.82) is 0 Å². The van der Waals surface area contributed by atoms with Gasteiger partial charge in [0.15, 0.2) is 0 Å². The molecule has 1 fully saturated rings. The maximum Gasteiger partial charge on any atom is 0.148 e. The van der Waals surface area contributed by atoms with Gasteiger partial charge >= 0.3 is 0 Å². The van der Waals surface area contributed by atoms with Gasteiger partial charge in [0.2, 0.25) is 0 Å². The topological polar surface area (TPSA) is 15.3 Å². The zero-order valence-corrected chi connectivity index (χ0v) is 13.4. The van der Waals surface area contributed by atoms with E-state index in [1.165, 1.54) is 5.56 Å². The number of anilines is 2. The van der Waals surface area contributed by atoms with Gasteiger partial charge in [0, 0.05) is 29.8 Å². The largest absolute Gasteiger partial charge is 0.381 e. The molecule has 0 spiro atoms. The molecule has 21 heavy (non-hydrogen) atoms. The minimum absolute atomic E-state index is 0.141. The molecule has 2 aromatic rings. The van der Waals surface area contributed by atoms with Gasteiger partial charge in [-0.05, 0) is 48.7 Å². The molecule has 3 rings (SSSR count). The zero-order valence-electron chi connectivity index (χ0n) is 11.8. The van der Waals surface area contributed by atoms with E-state index in [1.807, 2.05) is 36.4 Å². The predicted molar refractivity (Wildman–Crippen MR) is 89.3 cm³/mol. The molecule has 0 aromatic heterocycles. The molecule has 0 atom stereocenters. The molecule has 4 heteroatoms. The summed E-state index contributed by atoms with van der Waals surface area (Å²) >= 11 is 3.42. The number of hydrogen-bond acceptors (Lipinski definition) is 2. The van der Waals surface area contributed by atoms with Crippen LogP contribution in [0, 0.1) is 5.82 Å². The molecule has 1 aliphatic rings. The summed E-state index contributed by atoms with van der Waals surface area (Å²) in [4.78, 5) is 2.12. The molecule has 0 radical (unpaired) electrons. The van der Waals surface area contributed by atoms with Crippen molar-refractivity contribution in [2.24, 2.45) is 0 Å². The summed E-state index contributed by atoms with van der Waals surface area (Å²) in [6.45, 7) is 2.61. The molecule has 110 valence electrons. The van der Waals surface area contributed by atoms with E-state index in [4.69, 9.17) is 0 Å². The molecule has 0 bridgehead atoms. The van der Waals surface area contributed by atoms with Crippen LogP contribution in [0.1, 0.15) is 18.4 Å². The van der Waals surface area contributed by atoms with Crippen molar-refractivity contribution in [2.75, 3.05) is 23.3 Å². The van der Waals surface area contributed by atoms with Crippen LogP contribution in [0.4, 0.5) is 15.8 Å². The number of nitrogens with one attached hydrogen (secondary N) is 1. The van der Waals surface area contributed by atoms with Crippen LogP contribution in [0.5, 0.6) is 0 Å². The van der Waals surface area contributed by atoms with E-state index in [0.29, 0.717) is 6.54 Å². The fraction of sp³-hybridized carbons (Fsp3) is 0.294. The van der Waals surface area contributed by atoms with Crippen LogP contribution in [0.25, 0.3) is 0 Å². The van der Waals surface area contributed by atoms with E-state index >= 15 is 0 Å². The van der Waals surface area contributed by atoms with Crippen molar-refractivity contribution >= 4 is 27.3 Å². The average Bonchev–Trinajstić information content (AvgIpc) is 3.01. The fourth-order valence-electron chi connectivity index (χ4n) is 2.64. The Labute approximate surface area is 133 Å². The van der Waals surface area contributed by atoms with Gasteiger partial charge in [-0.25, -0.2) is 4.39 Å². The van der Waals surface area contributed by atoms with Crippen molar-refractivity contribution in [3.8, 4) is 0 Å². The van der Waals surface area contributed by atoms with Crippen LogP contribution in [0.3, 0.4) is 0 Å². The molecule has 0 aliphatic carbocycles. The fourth-order valence-corrected chi connectivity index (χ4v) is 2.90. The highest BCUT2D eigenvalue weighted by atomic mass is 79.9. The lowest BCUT2D eigenvalue weighted by molar-refractivity contribution is 0.623. The highest BCUT2D eigenvalue weighted by Gasteiger charge is 2.15. The first-order valence-corrected chi connectivity index (χ1v) is 8.04. The lowest BCUT2D eigenvalue weighted by Crippen LogP contribution is -2.18. The molecule has 0 amide bonds. The van der Waals surface area contributed by atoms with Crippen LogP contribution in [0.15, 0.2) is 46.9 Å². The predicted octanol–water partition coefficient (Wildman–Crippen LogP) is 4.80. The van der Waals surface area contributed by atoms with E-state index in [9.17, 15) is 4.39 Å². The number of hydrogen-bond donors (Lipinski definition) is 1. The van der Waals surface area contributed by atoms with Gasteiger partial charge in [-0.15, -0.1) is 0 Å². The Balaban J connectivity index is 1.66. The van der Waals surface area contributed by atoms with Gasteiger partial charge in [-0.3, -0.25) is 0 Å². The van der Waals surface area contributed by atoms with Crippen LogP contribution < -0.4 is 10.2 Å². The van der Waals surface area contributed by atoms with Crippen molar-refractivity contribution < 1.29 is 4.39 Å². The van der Waals surface area contributed by atoms with Crippen molar-refractivity contribution in [2.45, 2.75) is 19.4 Å². The normalized spacial score (nSPS) is 14.5. The Morgan fingerprint density at radius 3 is 2.43 bits per heavy atom. The highest BCUT2D eigenvalue weighted by Crippen LogP contribution is 2.26. The SMILES string of the molecule is Fc1cc(NCc2ccc(Br)cc2)ccc1N1CCCC1. The first-order valence-electron chi connectivity index (χ1n) is 7.25. The Morgan fingerprint density at radius 1 is 1.05 bits per heavy atom. The lowest BCUT2D eigenvalue weighted by atomic mass is 10.2. The summed E-state index contributed by atoms with van der Waals surface area (Å²) in [6.07, 6.45) is 2.31. The maximum atomic E-state index is 14.2. The molecule has 0 saturated carbocycles. The van der Waals surface area contributed by atoms with Crippen LogP contribution in [0.2, 0.25) is 0 Å². The highest BCUT2D eigenvalue weighted by molar-refractivity contribution is 9.10. The third kappa shape index (κ3) is 3.56. The van der Waals surface area contributed by atoms with Crippen molar-refractivity contribution in [3.05, 3.63) is 58.3 Å². The summed E-state index contributed by atoms with van der Waals surface area (Å²) in [7, 11) is 0. The van der Waals surface area contributed by atoms with Crippen LogP contribution in [-0.4, -0.2) is 13.1 Å². The Bertz CT molecular complexity index is 607. The molecule has 1 heterocycles. The Kier molecular flexibility index (Phi) is 4.44. The van der Waals surface area contributed by atoms with Gasteiger partial charge in [0.1, 0.15) is 5.82 Å². The molecule has 1 N–H and O–H groups in total. The molecule has 1 aliphatic heterocycles. The lowest BCUT2D eigenvalue weighted by Gasteiger charge is -2.19. The maximum absolute atomic E-state index is 14.2. The summed E-state index contributed by atoms with van der Waals surface area (Å²) < 4.78 is 15.3. The summed E-state index contributed by atoms with van der Waals surface area (Å²) in [5.41, 5.74) is 2.71. The van der Waals surface area contributed by atoms with Crippen molar-refractivity contribution in [1.82, 2.24) is 0 Å². The number of benzene rings is 2. The van der Waals surface area contributed by atoms with E-state index in [1.54, 1.807) is 6.07 Å². The molecule has 0 unspecified atom stereocenters. The summed E-state index contributed by atoms with van der Waals surface area (Å²) in [5, 5.41) is 3.27. The van der Waals surface area contributed by atoms with Gasteiger partial charge in [-0.1, -0.05) is 28.1 Å². The number of nitrogens with zero attached hydrogens (tertiary/aromatic N) is 1. The third-order valence-corrected chi connectivity index (χ3v) is 4.33. The van der Waals surface area contributed by atoms with E-state index in [-0.39, 0.29) is 5.82 Å². The molecular weight excluding hydrogens is 331 g/mol. The van der Waals surface area contributed by atoms with E-state index in [2.05, 4.69) is 26.1 Å². The Morgan fingerprint density at radius 2 is 1.76 bits per heavy atom.